The van der Waals surface area contributed by atoms with Crippen molar-refractivity contribution in [3.8, 4) is 0 Å². The van der Waals surface area contributed by atoms with Crippen LogP contribution in [0.4, 0.5) is 17.1 Å². The topological polar surface area (TPSA) is 87.3 Å². The molecule has 0 heterocycles. The Morgan fingerprint density at radius 3 is 1.88 bits per heavy atom. The lowest BCUT2D eigenvalue weighted by Gasteiger charge is -2.12. The minimum Gasteiger partial charge on any atom is -0.325 e. The van der Waals surface area contributed by atoms with Gasteiger partial charge in [-0.15, -0.1) is 11.8 Å². The lowest BCUT2D eigenvalue weighted by atomic mass is 10.1. The number of carbonyl (C=O) groups is 3. The van der Waals surface area contributed by atoms with Crippen LogP contribution < -0.4 is 16.0 Å². The van der Waals surface area contributed by atoms with E-state index in [9.17, 15) is 14.4 Å². The lowest BCUT2D eigenvalue weighted by molar-refractivity contribution is -0.114. The third-order valence-corrected chi connectivity index (χ3v) is 5.42. The van der Waals surface area contributed by atoms with Gasteiger partial charge in [-0.3, -0.25) is 14.4 Å². The molecule has 0 spiro atoms. The van der Waals surface area contributed by atoms with E-state index in [-0.39, 0.29) is 29.2 Å². The van der Waals surface area contributed by atoms with Crippen LogP contribution in [0.15, 0.2) is 72.8 Å². The zero-order chi connectivity index (χ0) is 22.9. The molecule has 0 bridgehead atoms. The van der Waals surface area contributed by atoms with Gasteiger partial charge in [-0.1, -0.05) is 36.4 Å². The van der Waals surface area contributed by atoms with Gasteiger partial charge in [-0.25, -0.2) is 0 Å². The van der Waals surface area contributed by atoms with E-state index in [1.165, 1.54) is 11.8 Å². The third kappa shape index (κ3) is 6.99. The highest BCUT2D eigenvalue weighted by Crippen LogP contribution is 2.19. The Balaban J connectivity index is 1.51. The van der Waals surface area contributed by atoms with Gasteiger partial charge < -0.3 is 16.0 Å². The van der Waals surface area contributed by atoms with Gasteiger partial charge in [-0.05, 0) is 61.4 Å². The molecular formula is C25H25N3O3S. The molecular weight excluding hydrogens is 422 g/mol. The van der Waals surface area contributed by atoms with Crippen molar-refractivity contribution in [3.63, 3.8) is 0 Å². The molecule has 3 amide bonds. The summed E-state index contributed by atoms with van der Waals surface area (Å²) in [5, 5.41) is 8.43. The number of hydrogen-bond acceptors (Lipinski definition) is 4. The molecule has 3 N–H and O–H groups in total. The van der Waals surface area contributed by atoms with Crippen molar-refractivity contribution in [2.24, 2.45) is 0 Å². The highest BCUT2D eigenvalue weighted by atomic mass is 32.2. The fourth-order valence-electron chi connectivity index (χ4n) is 3.05. The molecule has 0 unspecified atom stereocenters. The molecule has 0 saturated carbocycles. The van der Waals surface area contributed by atoms with Crippen LogP contribution in [0.5, 0.6) is 0 Å². The van der Waals surface area contributed by atoms with E-state index in [4.69, 9.17) is 0 Å². The van der Waals surface area contributed by atoms with Crippen molar-refractivity contribution >= 4 is 46.5 Å². The average molecular weight is 448 g/mol. The van der Waals surface area contributed by atoms with E-state index in [2.05, 4.69) is 16.0 Å². The van der Waals surface area contributed by atoms with Crippen molar-refractivity contribution in [2.45, 2.75) is 13.8 Å². The number of hydrogen-bond donors (Lipinski definition) is 3. The second-order valence-corrected chi connectivity index (χ2v) is 8.31. The molecule has 32 heavy (non-hydrogen) atoms. The van der Waals surface area contributed by atoms with Gasteiger partial charge in [0.15, 0.2) is 0 Å². The van der Waals surface area contributed by atoms with Gasteiger partial charge in [-0.2, -0.15) is 0 Å². The van der Waals surface area contributed by atoms with Crippen LogP contribution in [-0.2, 0) is 9.59 Å². The van der Waals surface area contributed by atoms with Crippen LogP contribution >= 0.6 is 11.8 Å². The van der Waals surface area contributed by atoms with E-state index in [0.29, 0.717) is 16.9 Å². The SMILES string of the molecule is Cc1cccc(NC(=O)CSCC(=O)Nc2ccccc2C(=O)Nc2cccc(C)c2)c1. The normalized spacial score (nSPS) is 10.3. The Morgan fingerprint density at radius 2 is 1.25 bits per heavy atom. The summed E-state index contributed by atoms with van der Waals surface area (Å²) in [6.07, 6.45) is 0. The quantitative estimate of drug-likeness (QED) is 0.460. The van der Waals surface area contributed by atoms with E-state index < -0.39 is 0 Å². The highest BCUT2D eigenvalue weighted by molar-refractivity contribution is 8.00. The Labute approximate surface area is 191 Å². The standard InChI is InChI=1S/C25H25N3O3S/c1-17-7-5-9-19(13-17)26-23(29)15-32-16-24(30)28-22-12-4-3-11-21(22)25(31)27-20-10-6-8-18(2)14-20/h3-14H,15-16H2,1-2H3,(H,26,29)(H,27,31)(H,28,30). The maximum atomic E-state index is 12.7. The van der Waals surface area contributed by atoms with E-state index in [0.717, 1.165) is 16.8 Å². The van der Waals surface area contributed by atoms with Crippen LogP contribution in [0.25, 0.3) is 0 Å². The first-order chi connectivity index (χ1) is 15.4. The number of carbonyl (C=O) groups excluding carboxylic acids is 3. The molecule has 0 aliphatic heterocycles. The molecule has 3 aromatic rings. The average Bonchev–Trinajstić information content (AvgIpc) is 2.74. The monoisotopic (exact) mass is 447 g/mol. The number of anilines is 3. The number of para-hydroxylation sites is 1. The number of benzene rings is 3. The molecule has 0 aliphatic carbocycles. The Kier molecular flexibility index (Phi) is 8.05. The molecule has 0 fully saturated rings. The minimum atomic E-state index is -0.309. The number of amides is 3. The summed E-state index contributed by atoms with van der Waals surface area (Å²) in [6.45, 7) is 3.90. The number of thioether (sulfide) groups is 1. The van der Waals surface area contributed by atoms with Gasteiger partial charge in [0.25, 0.3) is 5.91 Å². The molecule has 6 nitrogen and oxygen atoms in total. The molecule has 0 aliphatic rings. The zero-order valence-corrected chi connectivity index (χ0v) is 18.8. The summed E-state index contributed by atoms with van der Waals surface area (Å²) in [5.74, 6) is -0.525. The summed E-state index contributed by atoms with van der Waals surface area (Å²) < 4.78 is 0. The van der Waals surface area contributed by atoms with E-state index >= 15 is 0 Å². The zero-order valence-electron chi connectivity index (χ0n) is 18.0. The van der Waals surface area contributed by atoms with Gasteiger partial charge in [0.1, 0.15) is 0 Å². The van der Waals surface area contributed by atoms with Gasteiger partial charge in [0, 0.05) is 11.4 Å². The maximum Gasteiger partial charge on any atom is 0.257 e. The molecule has 0 saturated heterocycles. The first kappa shape index (κ1) is 23.1. The largest absolute Gasteiger partial charge is 0.325 e. The van der Waals surface area contributed by atoms with Gasteiger partial charge in [0.2, 0.25) is 11.8 Å². The number of rotatable bonds is 8. The maximum absolute atomic E-state index is 12.7. The van der Waals surface area contributed by atoms with Crippen LogP contribution in [0.3, 0.4) is 0 Å². The van der Waals surface area contributed by atoms with Crippen molar-refractivity contribution in [1.29, 1.82) is 0 Å². The molecule has 0 aromatic heterocycles. The van der Waals surface area contributed by atoms with Crippen molar-refractivity contribution in [3.05, 3.63) is 89.5 Å². The summed E-state index contributed by atoms with van der Waals surface area (Å²) >= 11 is 1.21. The lowest BCUT2D eigenvalue weighted by Crippen LogP contribution is -2.21. The van der Waals surface area contributed by atoms with Crippen LogP contribution in [0.2, 0.25) is 0 Å². The Bertz CT molecular complexity index is 1130. The van der Waals surface area contributed by atoms with Crippen molar-refractivity contribution in [2.75, 3.05) is 27.5 Å². The first-order valence-electron chi connectivity index (χ1n) is 10.1. The summed E-state index contributed by atoms with van der Waals surface area (Å²) in [4.78, 5) is 37.2. The molecule has 164 valence electrons. The highest BCUT2D eigenvalue weighted by Gasteiger charge is 2.14. The molecule has 7 heteroatoms. The Hall–Kier alpha value is -3.58. The summed E-state index contributed by atoms with van der Waals surface area (Å²) in [5.41, 5.74) is 4.30. The predicted octanol–water partition coefficient (Wildman–Crippen LogP) is 4.87. The van der Waals surface area contributed by atoms with Crippen LogP contribution in [-0.4, -0.2) is 29.2 Å². The second-order valence-electron chi connectivity index (χ2n) is 7.33. The fraction of sp³-hybridized carbons (Fsp3) is 0.160. The van der Waals surface area contributed by atoms with Crippen molar-refractivity contribution < 1.29 is 14.4 Å². The van der Waals surface area contributed by atoms with Crippen molar-refractivity contribution in [1.82, 2.24) is 0 Å². The van der Waals surface area contributed by atoms with Crippen LogP contribution in [0, 0.1) is 13.8 Å². The third-order valence-electron chi connectivity index (χ3n) is 4.49. The number of nitrogens with one attached hydrogen (secondary N) is 3. The second kappa shape index (κ2) is 11.2. The minimum absolute atomic E-state index is 0.0923. The Morgan fingerprint density at radius 1 is 0.688 bits per heavy atom. The number of aryl methyl sites for hydroxylation is 2. The van der Waals surface area contributed by atoms with Crippen LogP contribution in [0.1, 0.15) is 21.5 Å². The van der Waals surface area contributed by atoms with Gasteiger partial charge in [0.05, 0.1) is 22.8 Å². The molecule has 3 aromatic carbocycles. The van der Waals surface area contributed by atoms with E-state index in [1.807, 2.05) is 62.4 Å². The predicted molar refractivity (Wildman–Crippen MR) is 131 cm³/mol. The first-order valence-corrected chi connectivity index (χ1v) is 11.3. The molecule has 0 atom stereocenters. The van der Waals surface area contributed by atoms with E-state index in [1.54, 1.807) is 24.3 Å². The van der Waals surface area contributed by atoms with Gasteiger partial charge >= 0.3 is 0 Å². The molecule has 3 rings (SSSR count). The summed E-state index contributed by atoms with van der Waals surface area (Å²) in [6, 6.07) is 21.9. The fourth-order valence-corrected chi connectivity index (χ4v) is 3.67. The smallest absolute Gasteiger partial charge is 0.257 e. The summed E-state index contributed by atoms with van der Waals surface area (Å²) in [7, 11) is 0. The molecule has 0 radical (unpaired) electrons.